The van der Waals surface area contributed by atoms with Crippen LogP contribution < -0.4 is 10.0 Å². The van der Waals surface area contributed by atoms with Crippen LogP contribution in [0.1, 0.15) is 47.8 Å². The molecule has 30 heavy (non-hydrogen) atoms. The minimum absolute atomic E-state index is 0.00776. The molecule has 0 heterocycles. The van der Waals surface area contributed by atoms with Crippen LogP contribution in [0.3, 0.4) is 0 Å². The summed E-state index contributed by atoms with van der Waals surface area (Å²) >= 11 is 12.3. The highest BCUT2D eigenvalue weighted by Gasteiger charge is 2.28. The average molecular weight is 469 g/mol. The predicted molar refractivity (Wildman–Crippen MR) is 118 cm³/mol. The number of sulfonamides is 1. The molecule has 0 saturated heterocycles. The third-order valence-electron chi connectivity index (χ3n) is 4.75. The van der Waals surface area contributed by atoms with Gasteiger partial charge in [-0.1, -0.05) is 61.3 Å². The molecule has 0 radical (unpaired) electrons. The number of nitrogens with one attached hydrogen (secondary N) is 2. The van der Waals surface area contributed by atoms with Crippen molar-refractivity contribution in [2.24, 2.45) is 5.92 Å². The van der Waals surface area contributed by atoms with Crippen LogP contribution in [0.25, 0.3) is 6.08 Å². The van der Waals surface area contributed by atoms with Gasteiger partial charge in [-0.3, -0.25) is 4.79 Å². The highest BCUT2D eigenvalue weighted by molar-refractivity contribution is 7.89. The molecule has 160 valence electrons. The van der Waals surface area contributed by atoms with Gasteiger partial charge in [0.2, 0.25) is 10.0 Å². The minimum Gasteiger partial charge on any atom is -0.510 e. The van der Waals surface area contributed by atoms with E-state index < -0.39 is 22.0 Å². The number of carbonyl (C=O) groups excluding carboxylic acids is 1. The van der Waals surface area contributed by atoms with Crippen molar-refractivity contribution >= 4 is 45.2 Å². The lowest BCUT2D eigenvalue weighted by Gasteiger charge is -2.17. The van der Waals surface area contributed by atoms with Crippen LogP contribution in [0.2, 0.25) is 10.0 Å². The van der Waals surface area contributed by atoms with E-state index in [0.717, 1.165) is 17.2 Å². The second-order valence-corrected chi connectivity index (χ2v) is 10.00. The Balaban J connectivity index is 1.87. The Labute approximate surface area is 186 Å². The Kier molecular flexibility index (Phi) is 6.77. The number of aliphatic hydroxyl groups excluding tert-OH is 1. The van der Waals surface area contributed by atoms with E-state index in [4.69, 9.17) is 23.2 Å². The van der Waals surface area contributed by atoms with E-state index in [1.54, 1.807) is 18.2 Å². The van der Waals surface area contributed by atoms with Crippen molar-refractivity contribution < 1.29 is 18.3 Å². The maximum atomic E-state index is 12.9. The quantitative estimate of drug-likeness (QED) is 0.548. The van der Waals surface area contributed by atoms with Crippen LogP contribution in [-0.2, 0) is 10.0 Å². The van der Waals surface area contributed by atoms with Crippen LogP contribution in [0.15, 0.2) is 47.1 Å². The second-order valence-electron chi connectivity index (χ2n) is 7.45. The molecule has 2 aromatic carbocycles. The van der Waals surface area contributed by atoms with Crippen molar-refractivity contribution in [3.05, 3.63) is 68.9 Å². The summed E-state index contributed by atoms with van der Waals surface area (Å²) in [6.07, 6.45) is 2.22. The summed E-state index contributed by atoms with van der Waals surface area (Å²) in [5.41, 5.74) is 1.47. The molecule has 0 saturated carbocycles. The SMILES string of the molecule is CC(C)CCNS(=O)(=O)c1cc(C(=O)N[C@@H]2C(O)=Cc3ccccc32)c(Cl)cc1Cl. The van der Waals surface area contributed by atoms with E-state index in [1.165, 1.54) is 6.07 Å². The van der Waals surface area contributed by atoms with E-state index in [-0.39, 0.29) is 32.8 Å². The van der Waals surface area contributed by atoms with Gasteiger partial charge in [-0.15, -0.1) is 0 Å². The fourth-order valence-corrected chi connectivity index (χ4v) is 5.04. The maximum Gasteiger partial charge on any atom is 0.253 e. The number of hydrogen-bond donors (Lipinski definition) is 3. The Bertz CT molecular complexity index is 1110. The summed E-state index contributed by atoms with van der Waals surface area (Å²) in [6.45, 7) is 4.21. The smallest absolute Gasteiger partial charge is 0.253 e. The van der Waals surface area contributed by atoms with Gasteiger partial charge in [-0.2, -0.15) is 0 Å². The minimum atomic E-state index is -3.93. The molecular weight excluding hydrogens is 447 g/mol. The largest absolute Gasteiger partial charge is 0.510 e. The molecule has 6 nitrogen and oxygen atoms in total. The van der Waals surface area contributed by atoms with Crippen LogP contribution >= 0.6 is 23.2 Å². The van der Waals surface area contributed by atoms with Gasteiger partial charge in [0.05, 0.1) is 15.6 Å². The third-order valence-corrected chi connectivity index (χ3v) is 6.99. The first-order valence-electron chi connectivity index (χ1n) is 9.39. The van der Waals surface area contributed by atoms with Gasteiger partial charge >= 0.3 is 0 Å². The standard InChI is InChI=1S/C21H22Cl2N2O4S/c1-12(2)7-8-24-30(28,29)19-10-15(16(22)11-17(19)23)21(27)25-20-14-6-4-3-5-13(14)9-18(20)26/h3-6,9-12,20,24,26H,7-8H2,1-2H3,(H,25,27)/t20-/m0/s1. The number of aliphatic hydroxyl groups is 1. The molecule has 1 aliphatic carbocycles. The summed E-state index contributed by atoms with van der Waals surface area (Å²) in [5, 5.41) is 12.9. The molecule has 9 heteroatoms. The normalized spacial score (nSPS) is 15.8. The lowest BCUT2D eigenvalue weighted by atomic mass is 10.1. The highest BCUT2D eigenvalue weighted by Crippen LogP contribution is 2.34. The molecule has 0 aliphatic heterocycles. The Morgan fingerprint density at radius 3 is 2.57 bits per heavy atom. The number of rotatable bonds is 7. The lowest BCUT2D eigenvalue weighted by Crippen LogP contribution is -2.30. The molecule has 0 unspecified atom stereocenters. The van der Waals surface area contributed by atoms with Crippen LogP contribution in [0.4, 0.5) is 0 Å². The summed E-state index contributed by atoms with van der Waals surface area (Å²) < 4.78 is 27.8. The van der Waals surface area contributed by atoms with Gasteiger partial charge in [0.1, 0.15) is 16.7 Å². The Morgan fingerprint density at radius 2 is 1.87 bits per heavy atom. The number of fused-ring (bicyclic) bond motifs is 1. The van der Waals surface area contributed by atoms with Crippen molar-refractivity contribution in [3.63, 3.8) is 0 Å². The first kappa shape index (κ1) is 22.6. The van der Waals surface area contributed by atoms with E-state index in [9.17, 15) is 18.3 Å². The Hall–Kier alpha value is -2.06. The number of carbonyl (C=O) groups is 1. The number of hydrogen-bond acceptors (Lipinski definition) is 4. The molecule has 3 rings (SSSR count). The van der Waals surface area contributed by atoms with Gasteiger partial charge in [0, 0.05) is 6.54 Å². The Morgan fingerprint density at radius 1 is 1.17 bits per heavy atom. The molecule has 0 fully saturated rings. The summed E-state index contributed by atoms with van der Waals surface area (Å²) in [6, 6.07) is 8.87. The van der Waals surface area contributed by atoms with Gasteiger partial charge in [-0.05, 0) is 41.7 Å². The van der Waals surface area contributed by atoms with Crippen molar-refractivity contribution in [3.8, 4) is 0 Å². The van der Waals surface area contributed by atoms with E-state index in [0.29, 0.717) is 12.3 Å². The fraction of sp³-hybridized carbons (Fsp3) is 0.286. The molecule has 0 bridgehead atoms. The topological polar surface area (TPSA) is 95.5 Å². The van der Waals surface area contributed by atoms with Gasteiger partial charge in [0.15, 0.2) is 0 Å². The van der Waals surface area contributed by atoms with Crippen molar-refractivity contribution in [2.75, 3.05) is 6.54 Å². The van der Waals surface area contributed by atoms with Gasteiger partial charge < -0.3 is 10.4 Å². The van der Waals surface area contributed by atoms with E-state index >= 15 is 0 Å². The second kappa shape index (κ2) is 8.98. The van der Waals surface area contributed by atoms with Crippen LogP contribution in [0.5, 0.6) is 0 Å². The maximum absolute atomic E-state index is 12.9. The monoisotopic (exact) mass is 468 g/mol. The molecule has 3 N–H and O–H groups in total. The molecule has 1 aliphatic rings. The van der Waals surface area contributed by atoms with Gasteiger partial charge in [0.25, 0.3) is 5.91 Å². The van der Waals surface area contributed by atoms with E-state index in [1.807, 2.05) is 26.0 Å². The summed E-state index contributed by atoms with van der Waals surface area (Å²) in [5.74, 6) is -0.320. The predicted octanol–water partition coefficient (Wildman–Crippen LogP) is 4.70. The molecule has 1 amide bonds. The zero-order valence-electron chi connectivity index (χ0n) is 16.4. The molecule has 1 atom stereocenters. The van der Waals surface area contributed by atoms with Crippen molar-refractivity contribution in [2.45, 2.75) is 31.2 Å². The molecule has 0 spiro atoms. The summed E-state index contributed by atoms with van der Waals surface area (Å²) in [4.78, 5) is 12.7. The molecule has 2 aromatic rings. The fourth-order valence-electron chi connectivity index (χ4n) is 3.14. The van der Waals surface area contributed by atoms with Crippen molar-refractivity contribution in [1.82, 2.24) is 10.0 Å². The zero-order valence-corrected chi connectivity index (χ0v) is 18.8. The number of benzene rings is 2. The van der Waals surface area contributed by atoms with Crippen LogP contribution in [0, 0.1) is 5.92 Å². The van der Waals surface area contributed by atoms with Crippen molar-refractivity contribution in [1.29, 1.82) is 0 Å². The number of halogens is 2. The van der Waals surface area contributed by atoms with Crippen LogP contribution in [-0.4, -0.2) is 26.0 Å². The third kappa shape index (κ3) is 4.81. The summed E-state index contributed by atoms with van der Waals surface area (Å²) in [7, 11) is -3.93. The van der Waals surface area contributed by atoms with Gasteiger partial charge in [-0.25, -0.2) is 13.1 Å². The van der Waals surface area contributed by atoms with E-state index in [2.05, 4.69) is 10.0 Å². The molecular formula is C21H22Cl2N2O4S. The first-order chi connectivity index (χ1) is 14.1. The first-order valence-corrected chi connectivity index (χ1v) is 11.6. The lowest BCUT2D eigenvalue weighted by molar-refractivity contribution is 0.0934. The average Bonchev–Trinajstić information content (AvgIpc) is 2.96. The molecule has 0 aromatic heterocycles. The highest BCUT2D eigenvalue weighted by atomic mass is 35.5. The zero-order chi connectivity index (χ0) is 22.1. The number of amides is 1.